The summed E-state index contributed by atoms with van der Waals surface area (Å²) in [6.07, 6.45) is 5.66. The molecule has 1 amide bonds. The maximum atomic E-state index is 12.5. The lowest BCUT2D eigenvalue weighted by Gasteiger charge is -2.18. The molecule has 0 aromatic heterocycles. The number of amides is 1. The molecule has 2 saturated heterocycles. The van der Waals surface area contributed by atoms with E-state index in [0.717, 1.165) is 31.8 Å². The average Bonchev–Trinajstić information content (AvgIpc) is 3.12. The largest absolute Gasteiger partial charge is 0.377 e. The van der Waals surface area contributed by atoms with E-state index in [2.05, 4.69) is 10.6 Å². The number of hydrogen-bond donors (Lipinski definition) is 2. The van der Waals surface area contributed by atoms with Crippen LogP contribution in [-0.4, -0.2) is 43.5 Å². The monoisotopic (exact) mass is 293 g/mol. The highest BCUT2D eigenvalue weighted by molar-refractivity contribution is 6.31. The van der Waals surface area contributed by atoms with Gasteiger partial charge in [0.05, 0.1) is 0 Å². The summed E-state index contributed by atoms with van der Waals surface area (Å²) in [6.45, 7) is 6.42. The van der Waals surface area contributed by atoms with E-state index in [9.17, 15) is 4.79 Å². The average molecular weight is 294 g/mol. The van der Waals surface area contributed by atoms with Crippen LogP contribution in [0.1, 0.15) is 6.92 Å². The Morgan fingerprint density at radius 3 is 2.75 bits per heavy atom. The lowest BCUT2D eigenvalue weighted by molar-refractivity contribution is -0.126. The molecule has 0 spiro atoms. The van der Waals surface area contributed by atoms with Gasteiger partial charge in [-0.1, -0.05) is 17.7 Å². The normalized spacial score (nSPS) is 31.5. The number of nitrogens with one attached hydrogen (secondary N) is 2. The third-order valence-corrected chi connectivity index (χ3v) is 4.65. The minimum atomic E-state index is 0.124. The van der Waals surface area contributed by atoms with Crippen molar-refractivity contribution < 1.29 is 4.79 Å². The molecule has 2 atom stereocenters. The van der Waals surface area contributed by atoms with Crippen LogP contribution in [0.25, 0.3) is 0 Å². The van der Waals surface area contributed by atoms with Crippen LogP contribution in [0.5, 0.6) is 0 Å². The highest BCUT2D eigenvalue weighted by atomic mass is 35.5. The number of carbonyl (C=O) groups is 1. The molecule has 2 unspecified atom stereocenters. The Bertz CT molecular complexity index is 497. The van der Waals surface area contributed by atoms with E-state index < -0.39 is 0 Å². The van der Waals surface area contributed by atoms with E-state index >= 15 is 0 Å². The third-order valence-electron chi connectivity index (χ3n) is 4.32. The Hall–Kier alpha value is -1.26. The molecule has 0 saturated carbocycles. The molecule has 5 heteroatoms. The predicted octanol–water partition coefficient (Wildman–Crippen LogP) is 1.22. The second-order valence-electron chi connectivity index (χ2n) is 5.69. The van der Waals surface area contributed by atoms with Gasteiger partial charge in [0.25, 0.3) is 5.91 Å². The first kappa shape index (κ1) is 13.7. The van der Waals surface area contributed by atoms with E-state index in [1.54, 1.807) is 0 Å². The van der Waals surface area contributed by atoms with E-state index in [-0.39, 0.29) is 5.91 Å². The van der Waals surface area contributed by atoms with Crippen molar-refractivity contribution in [2.45, 2.75) is 6.92 Å². The van der Waals surface area contributed by atoms with Gasteiger partial charge in [0.1, 0.15) is 5.70 Å². The summed E-state index contributed by atoms with van der Waals surface area (Å²) in [5, 5.41) is 7.27. The van der Waals surface area contributed by atoms with Gasteiger partial charge >= 0.3 is 0 Å². The van der Waals surface area contributed by atoms with E-state index in [1.807, 2.05) is 30.1 Å². The van der Waals surface area contributed by atoms with E-state index in [1.165, 1.54) is 0 Å². The van der Waals surface area contributed by atoms with Crippen LogP contribution in [-0.2, 0) is 4.79 Å². The van der Waals surface area contributed by atoms with Gasteiger partial charge in [-0.25, -0.2) is 0 Å². The third kappa shape index (κ3) is 2.63. The second-order valence-corrected chi connectivity index (χ2v) is 6.13. The SMILES string of the molecule is C/C=C(Cl)\C=C1\C=C(C(=O)N2CC3CNCC3C2)NC1. The molecule has 0 aromatic rings. The van der Waals surface area contributed by atoms with Crippen LogP contribution >= 0.6 is 11.6 Å². The maximum Gasteiger partial charge on any atom is 0.269 e. The fourth-order valence-electron chi connectivity index (χ4n) is 3.17. The van der Waals surface area contributed by atoms with E-state index in [0.29, 0.717) is 29.1 Å². The quantitative estimate of drug-likeness (QED) is 0.805. The van der Waals surface area contributed by atoms with Crippen molar-refractivity contribution in [1.29, 1.82) is 0 Å². The van der Waals surface area contributed by atoms with Gasteiger partial charge < -0.3 is 15.5 Å². The number of halogens is 1. The molecular formula is C15H20ClN3O. The molecule has 3 rings (SSSR count). The molecule has 3 heterocycles. The lowest BCUT2D eigenvalue weighted by atomic mass is 10.0. The van der Waals surface area contributed by atoms with Crippen molar-refractivity contribution >= 4 is 17.5 Å². The predicted molar refractivity (Wildman–Crippen MR) is 80.2 cm³/mol. The van der Waals surface area contributed by atoms with Crippen LogP contribution < -0.4 is 10.6 Å². The van der Waals surface area contributed by atoms with Gasteiger partial charge in [0, 0.05) is 37.8 Å². The Labute approximate surface area is 124 Å². The van der Waals surface area contributed by atoms with Crippen molar-refractivity contribution in [3.63, 3.8) is 0 Å². The number of fused-ring (bicyclic) bond motifs is 1. The molecule has 3 aliphatic heterocycles. The van der Waals surface area contributed by atoms with Crippen molar-refractivity contribution in [2.75, 3.05) is 32.7 Å². The highest BCUT2D eigenvalue weighted by Crippen LogP contribution is 2.27. The summed E-state index contributed by atoms with van der Waals surface area (Å²) in [5.74, 6) is 1.39. The zero-order chi connectivity index (χ0) is 14.1. The summed E-state index contributed by atoms with van der Waals surface area (Å²) >= 11 is 5.99. The van der Waals surface area contributed by atoms with Crippen molar-refractivity contribution in [3.05, 3.63) is 34.5 Å². The first-order chi connectivity index (χ1) is 9.67. The van der Waals surface area contributed by atoms with Gasteiger partial charge in [-0.05, 0) is 36.5 Å². The van der Waals surface area contributed by atoms with Crippen LogP contribution in [0.2, 0.25) is 0 Å². The van der Waals surface area contributed by atoms with Gasteiger partial charge in [0.15, 0.2) is 0 Å². The molecule has 0 aromatic carbocycles. The number of hydrogen-bond acceptors (Lipinski definition) is 3. The molecule has 3 aliphatic rings. The van der Waals surface area contributed by atoms with Crippen LogP contribution in [0.4, 0.5) is 0 Å². The number of likely N-dealkylation sites (tertiary alicyclic amines) is 1. The van der Waals surface area contributed by atoms with Gasteiger partial charge in [-0.3, -0.25) is 4.79 Å². The molecule has 0 bridgehead atoms. The molecule has 2 N–H and O–H groups in total. The summed E-state index contributed by atoms with van der Waals surface area (Å²) < 4.78 is 0. The van der Waals surface area contributed by atoms with Crippen molar-refractivity contribution in [2.24, 2.45) is 11.8 Å². The lowest BCUT2D eigenvalue weighted by Crippen LogP contribution is -2.35. The summed E-state index contributed by atoms with van der Waals surface area (Å²) in [5.41, 5.74) is 1.75. The summed E-state index contributed by atoms with van der Waals surface area (Å²) in [6, 6.07) is 0. The Morgan fingerprint density at radius 1 is 1.40 bits per heavy atom. The fraction of sp³-hybridized carbons (Fsp3) is 0.533. The molecular weight excluding hydrogens is 274 g/mol. The van der Waals surface area contributed by atoms with Crippen molar-refractivity contribution in [3.8, 4) is 0 Å². The standard InChI is InChI=1S/C15H20ClN3O/c1-2-13(16)3-10-4-14(18-5-10)15(20)19-8-11-6-17-7-12(11)9-19/h2-4,11-12,17-18H,5-9H2,1H3/b10-3-,13-2+. The molecule has 0 aliphatic carbocycles. The minimum Gasteiger partial charge on any atom is -0.377 e. The zero-order valence-corrected chi connectivity index (χ0v) is 12.4. The fourth-order valence-corrected chi connectivity index (χ4v) is 3.31. The zero-order valence-electron chi connectivity index (χ0n) is 11.7. The second kappa shape index (κ2) is 5.62. The van der Waals surface area contributed by atoms with Gasteiger partial charge in [0.2, 0.25) is 0 Å². The number of nitrogens with zero attached hydrogens (tertiary/aromatic N) is 1. The van der Waals surface area contributed by atoms with Crippen molar-refractivity contribution in [1.82, 2.24) is 15.5 Å². The van der Waals surface area contributed by atoms with Crippen LogP contribution in [0, 0.1) is 11.8 Å². The topological polar surface area (TPSA) is 44.4 Å². The van der Waals surface area contributed by atoms with Gasteiger partial charge in [-0.15, -0.1) is 0 Å². The van der Waals surface area contributed by atoms with Crippen LogP contribution in [0.15, 0.2) is 34.5 Å². The molecule has 4 nitrogen and oxygen atoms in total. The minimum absolute atomic E-state index is 0.124. The first-order valence-corrected chi connectivity index (χ1v) is 7.53. The Kier molecular flexibility index (Phi) is 3.85. The molecule has 2 fully saturated rings. The highest BCUT2D eigenvalue weighted by Gasteiger charge is 2.39. The first-order valence-electron chi connectivity index (χ1n) is 7.15. The number of rotatable bonds is 2. The molecule has 0 radical (unpaired) electrons. The Morgan fingerprint density at radius 2 is 2.10 bits per heavy atom. The molecule has 20 heavy (non-hydrogen) atoms. The Balaban J connectivity index is 1.67. The molecule has 108 valence electrons. The van der Waals surface area contributed by atoms with E-state index in [4.69, 9.17) is 11.6 Å². The van der Waals surface area contributed by atoms with Gasteiger partial charge in [-0.2, -0.15) is 0 Å². The smallest absolute Gasteiger partial charge is 0.269 e. The summed E-state index contributed by atoms with van der Waals surface area (Å²) in [7, 11) is 0. The number of carbonyl (C=O) groups excluding carboxylic acids is 1. The maximum absolute atomic E-state index is 12.5. The van der Waals surface area contributed by atoms with Crippen LogP contribution in [0.3, 0.4) is 0 Å². The number of allylic oxidation sites excluding steroid dienone is 3. The summed E-state index contributed by atoms with van der Waals surface area (Å²) in [4.78, 5) is 14.5.